The average molecular weight is 282 g/mol. The number of aryl methyl sites for hydroxylation is 2. The number of rotatable bonds is 5. The molecule has 4 heteroatoms. The number of nitrogens with one attached hydrogen (secondary N) is 2. The summed E-state index contributed by atoms with van der Waals surface area (Å²) in [6.07, 6.45) is 5.10. The zero-order valence-corrected chi connectivity index (χ0v) is 12.9. The number of hydrogen-bond donors (Lipinski definition) is 2. The lowest BCUT2D eigenvalue weighted by molar-refractivity contribution is 0.681. The number of nitrogens with zero attached hydrogens (tertiary/aromatic N) is 2. The van der Waals surface area contributed by atoms with Crippen LogP contribution in [-0.2, 0) is 20.0 Å². The molecule has 2 heterocycles. The van der Waals surface area contributed by atoms with Crippen molar-refractivity contribution in [2.24, 2.45) is 7.05 Å². The maximum atomic E-state index is 4.27. The van der Waals surface area contributed by atoms with Gasteiger partial charge in [0, 0.05) is 41.9 Å². The molecule has 0 unspecified atom stereocenters. The van der Waals surface area contributed by atoms with E-state index in [-0.39, 0.29) is 0 Å². The second-order valence-electron chi connectivity index (χ2n) is 5.67. The first-order valence-corrected chi connectivity index (χ1v) is 7.40. The Hall–Kier alpha value is -2.07. The second kappa shape index (κ2) is 5.74. The monoisotopic (exact) mass is 282 g/mol. The van der Waals surface area contributed by atoms with Gasteiger partial charge < -0.3 is 10.3 Å². The van der Waals surface area contributed by atoms with Crippen molar-refractivity contribution in [3.8, 4) is 0 Å². The van der Waals surface area contributed by atoms with E-state index in [1.165, 1.54) is 33.3 Å². The molecular formula is C17H22N4. The molecule has 1 aromatic carbocycles. The molecule has 0 aliphatic carbocycles. The zero-order chi connectivity index (χ0) is 14.8. The summed E-state index contributed by atoms with van der Waals surface area (Å²) in [6.45, 7) is 6.09. The van der Waals surface area contributed by atoms with E-state index in [2.05, 4.69) is 53.6 Å². The van der Waals surface area contributed by atoms with Gasteiger partial charge in [0.15, 0.2) is 0 Å². The normalized spacial score (nSPS) is 11.4. The number of fused-ring (bicyclic) bond motifs is 1. The van der Waals surface area contributed by atoms with Crippen LogP contribution in [0.1, 0.15) is 22.4 Å². The lowest BCUT2D eigenvalue weighted by Gasteiger charge is -2.04. The maximum absolute atomic E-state index is 4.27. The molecule has 0 amide bonds. The lowest BCUT2D eigenvalue weighted by Crippen LogP contribution is -2.17. The Kier molecular flexibility index (Phi) is 3.80. The predicted octanol–water partition coefficient (Wildman–Crippen LogP) is 2.85. The van der Waals surface area contributed by atoms with Crippen LogP contribution in [0, 0.1) is 13.8 Å². The second-order valence-corrected chi connectivity index (χ2v) is 5.67. The molecule has 21 heavy (non-hydrogen) atoms. The van der Waals surface area contributed by atoms with Crippen molar-refractivity contribution in [3.63, 3.8) is 0 Å². The predicted molar refractivity (Wildman–Crippen MR) is 86.4 cm³/mol. The Balaban J connectivity index is 1.59. The molecule has 3 aromatic rings. The van der Waals surface area contributed by atoms with Gasteiger partial charge in [0.25, 0.3) is 0 Å². The fraction of sp³-hybridized carbons (Fsp3) is 0.353. The van der Waals surface area contributed by atoms with E-state index in [9.17, 15) is 0 Å². The van der Waals surface area contributed by atoms with Crippen molar-refractivity contribution in [2.45, 2.75) is 26.8 Å². The summed E-state index contributed by atoms with van der Waals surface area (Å²) >= 11 is 0. The Bertz CT molecular complexity index is 751. The summed E-state index contributed by atoms with van der Waals surface area (Å²) in [7, 11) is 1.98. The highest BCUT2D eigenvalue weighted by atomic mass is 15.3. The SMILES string of the molecule is Cc1ccc2[nH]cc(CCNCc3cnn(C)c3C)c2c1. The quantitative estimate of drug-likeness (QED) is 0.707. The van der Waals surface area contributed by atoms with E-state index in [0.29, 0.717) is 0 Å². The van der Waals surface area contributed by atoms with Crippen LogP contribution in [0.2, 0.25) is 0 Å². The van der Waals surface area contributed by atoms with E-state index < -0.39 is 0 Å². The van der Waals surface area contributed by atoms with Gasteiger partial charge in [-0.25, -0.2) is 0 Å². The number of aromatic amines is 1. The van der Waals surface area contributed by atoms with Crippen molar-refractivity contribution in [2.75, 3.05) is 6.54 Å². The van der Waals surface area contributed by atoms with Crippen molar-refractivity contribution < 1.29 is 0 Å². The highest BCUT2D eigenvalue weighted by molar-refractivity contribution is 5.83. The fourth-order valence-corrected chi connectivity index (χ4v) is 2.66. The number of hydrogen-bond acceptors (Lipinski definition) is 2. The van der Waals surface area contributed by atoms with Gasteiger partial charge in [0.1, 0.15) is 0 Å². The first kappa shape index (κ1) is 13.9. The Morgan fingerprint density at radius 3 is 2.86 bits per heavy atom. The minimum absolute atomic E-state index is 0.876. The smallest absolute Gasteiger partial charge is 0.0537 e. The first-order chi connectivity index (χ1) is 10.1. The molecule has 0 spiro atoms. The van der Waals surface area contributed by atoms with Gasteiger partial charge in [-0.05, 0) is 44.5 Å². The number of H-pyrrole nitrogens is 1. The third-order valence-corrected chi connectivity index (χ3v) is 4.15. The molecule has 2 aromatic heterocycles. The molecule has 0 bridgehead atoms. The molecule has 0 aliphatic rings. The third kappa shape index (κ3) is 2.85. The highest BCUT2D eigenvalue weighted by Gasteiger charge is 2.05. The third-order valence-electron chi connectivity index (χ3n) is 4.15. The van der Waals surface area contributed by atoms with Crippen LogP contribution in [0.5, 0.6) is 0 Å². The van der Waals surface area contributed by atoms with Crippen LogP contribution >= 0.6 is 0 Å². The topological polar surface area (TPSA) is 45.6 Å². The van der Waals surface area contributed by atoms with Crippen LogP contribution in [0.4, 0.5) is 0 Å². The molecule has 0 fully saturated rings. The summed E-state index contributed by atoms with van der Waals surface area (Å²) in [5.41, 5.74) is 6.41. The summed E-state index contributed by atoms with van der Waals surface area (Å²) in [5.74, 6) is 0. The van der Waals surface area contributed by atoms with E-state index >= 15 is 0 Å². The maximum Gasteiger partial charge on any atom is 0.0537 e. The standard InChI is InChI=1S/C17H22N4/c1-12-4-5-17-16(8-12)14(10-19-17)6-7-18-9-15-11-20-21(3)13(15)2/h4-5,8,10-11,18-19H,6-7,9H2,1-3H3. The molecule has 0 saturated heterocycles. The van der Waals surface area contributed by atoms with Gasteiger partial charge in [0.2, 0.25) is 0 Å². The van der Waals surface area contributed by atoms with Gasteiger partial charge in [-0.2, -0.15) is 5.10 Å². The summed E-state index contributed by atoms with van der Waals surface area (Å²) in [6, 6.07) is 6.55. The van der Waals surface area contributed by atoms with Crippen LogP contribution < -0.4 is 5.32 Å². The van der Waals surface area contributed by atoms with E-state index in [1.54, 1.807) is 0 Å². The van der Waals surface area contributed by atoms with Crippen molar-refractivity contribution in [1.82, 2.24) is 20.1 Å². The molecule has 0 aliphatic heterocycles. The molecule has 3 rings (SSSR count). The highest BCUT2D eigenvalue weighted by Crippen LogP contribution is 2.19. The Morgan fingerprint density at radius 1 is 1.24 bits per heavy atom. The summed E-state index contributed by atoms with van der Waals surface area (Å²) in [4.78, 5) is 3.35. The first-order valence-electron chi connectivity index (χ1n) is 7.40. The number of benzene rings is 1. The fourth-order valence-electron chi connectivity index (χ4n) is 2.66. The zero-order valence-electron chi connectivity index (χ0n) is 12.9. The molecule has 0 radical (unpaired) electrons. The molecule has 4 nitrogen and oxygen atoms in total. The Labute approximate surface area is 125 Å². The number of aromatic nitrogens is 3. The van der Waals surface area contributed by atoms with Gasteiger partial charge >= 0.3 is 0 Å². The van der Waals surface area contributed by atoms with E-state index in [0.717, 1.165) is 19.5 Å². The van der Waals surface area contributed by atoms with Gasteiger partial charge in [-0.3, -0.25) is 4.68 Å². The minimum Gasteiger partial charge on any atom is -0.361 e. The van der Waals surface area contributed by atoms with E-state index in [4.69, 9.17) is 0 Å². The summed E-state index contributed by atoms with van der Waals surface area (Å²) < 4.78 is 1.92. The lowest BCUT2D eigenvalue weighted by atomic mass is 10.1. The molecular weight excluding hydrogens is 260 g/mol. The van der Waals surface area contributed by atoms with Gasteiger partial charge in [-0.1, -0.05) is 11.6 Å². The van der Waals surface area contributed by atoms with Crippen molar-refractivity contribution in [1.29, 1.82) is 0 Å². The van der Waals surface area contributed by atoms with Crippen LogP contribution in [0.15, 0.2) is 30.6 Å². The average Bonchev–Trinajstić information content (AvgIpc) is 3.01. The van der Waals surface area contributed by atoms with Crippen LogP contribution in [-0.4, -0.2) is 21.3 Å². The van der Waals surface area contributed by atoms with Gasteiger partial charge in [-0.15, -0.1) is 0 Å². The summed E-state index contributed by atoms with van der Waals surface area (Å²) in [5, 5.41) is 9.12. The van der Waals surface area contributed by atoms with Crippen LogP contribution in [0.3, 0.4) is 0 Å². The minimum atomic E-state index is 0.876. The van der Waals surface area contributed by atoms with Crippen molar-refractivity contribution in [3.05, 3.63) is 53.0 Å². The van der Waals surface area contributed by atoms with Gasteiger partial charge in [0.05, 0.1) is 6.20 Å². The molecule has 0 saturated carbocycles. The van der Waals surface area contributed by atoms with E-state index in [1.807, 2.05) is 17.9 Å². The van der Waals surface area contributed by atoms with Crippen molar-refractivity contribution >= 4 is 10.9 Å². The van der Waals surface area contributed by atoms with Crippen LogP contribution in [0.25, 0.3) is 10.9 Å². The Morgan fingerprint density at radius 2 is 2.10 bits per heavy atom. The molecule has 110 valence electrons. The molecule has 0 atom stereocenters. The molecule has 2 N–H and O–H groups in total. The largest absolute Gasteiger partial charge is 0.361 e.